The molecule has 0 aliphatic heterocycles. The van der Waals surface area contributed by atoms with Gasteiger partial charge in [0.15, 0.2) is 0 Å². The van der Waals surface area contributed by atoms with Crippen LogP contribution in [0.4, 0.5) is 0 Å². The van der Waals surface area contributed by atoms with Crippen LogP contribution in [0.2, 0.25) is 0 Å². The Morgan fingerprint density at radius 3 is 2.26 bits per heavy atom. The highest BCUT2D eigenvalue weighted by atomic mass is 35.5. The zero-order valence-electron chi connectivity index (χ0n) is 12.4. The van der Waals surface area contributed by atoms with E-state index in [9.17, 15) is 8.42 Å². The van der Waals surface area contributed by atoms with E-state index >= 15 is 0 Å². The molecule has 114 valence electrons. The van der Waals surface area contributed by atoms with Crippen LogP contribution in [0.25, 0.3) is 0 Å². The summed E-state index contributed by atoms with van der Waals surface area (Å²) in [6.07, 6.45) is 5.34. The Morgan fingerprint density at radius 2 is 1.74 bits per heavy atom. The number of hydrogen-bond acceptors (Lipinski definition) is 2. The summed E-state index contributed by atoms with van der Waals surface area (Å²) in [6.45, 7) is 6.75. The van der Waals surface area contributed by atoms with Gasteiger partial charge in [-0.1, -0.05) is 33.6 Å². The molecule has 1 fully saturated rings. The molecular formula is C14H28ClNO2S. The highest BCUT2D eigenvalue weighted by Crippen LogP contribution is 2.30. The van der Waals surface area contributed by atoms with Crippen LogP contribution in [0.1, 0.15) is 52.9 Å². The summed E-state index contributed by atoms with van der Waals surface area (Å²) in [5.41, 5.74) is 0.0538. The van der Waals surface area contributed by atoms with E-state index in [1.165, 1.54) is 12.8 Å². The average molecular weight is 310 g/mol. The van der Waals surface area contributed by atoms with Gasteiger partial charge in [0, 0.05) is 12.4 Å². The average Bonchev–Trinajstić information content (AvgIpc) is 2.34. The molecule has 2 unspecified atom stereocenters. The maximum atomic E-state index is 12.0. The van der Waals surface area contributed by atoms with Gasteiger partial charge in [-0.2, -0.15) is 0 Å². The van der Waals surface area contributed by atoms with Gasteiger partial charge in [0.25, 0.3) is 0 Å². The van der Waals surface area contributed by atoms with Gasteiger partial charge in [-0.25, -0.2) is 13.1 Å². The van der Waals surface area contributed by atoms with Gasteiger partial charge >= 0.3 is 0 Å². The molecule has 2 atom stereocenters. The first-order valence-corrected chi connectivity index (χ1v) is 9.45. The molecule has 0 aromatic rings. The van der Waals surface area contributed by atoms with E-state index < -0.39 is 10.0 Å². The molecule has 0 amide bonds. The monoisotopic (exact) mass is 309 g/mol. The summed E-state index contributed by atoms with van der Waals surface area (Å²) >= 11 is 5.97. The van der Waals surface area contributed by atoms with Crippen LogP contribution in [0, 0.1) is 17.3 Å². The lowest BCUT2D eigenvalue weighted by atomic mass is 9.80. The fraction of sp³-hybridized carbons (Fsp3) is 1.00. The molecule has 1 aliphatic carbocycles. The van der Waals surface area contributed by atoms with Crippen molar-refractivity contribution in [3.8, 4) is 0 Å². The van der Waals surface area contributed by atoms with E-state index in [4.69, 9.17) is 11.6 Å². The number of hydrogen-bond donors (Lipinski definition) is 1. The van der Waals surface area contributed by atoms with Gasteiger partial charge < -0.3 is 0 Å². The number of rotatable bonds is 6. The Hall–Kier alpha value is 0.200. The molecule has 5 heteroatoms. The summed E-state index contributed by atoms with van der Waals surface area (Å²) in [5.74, 6) is 1.75. The molecule has 1 N–H and O–H groups in total. The quantitative estimate of drug-likeness (QED) is 0.764. The lowest BCUT2D eigenvalue weighted by molar-refractivity contribution is 0.260. The van der Waals surface area contributed by atoms with E-state index in [-0.39, 0.29) is 11.2 Å². The van der Waals surface area contributed by atoms with Crippen LogP contribution in [-0.4, -0.2) is 26.6 Å². The topological polar surface area (TPSA) is 46.2 Å². The molecule has 3 nitrogen and oxygen atoms in total. The predicted octanol–water partition coefficient (Wildman–Crippen LogP) is 3.39. The lowest BCUT2D eigenvalue weighted by Gasteiger charge is -2.30. The van der Waals surface area contributed by atoms with E-state index in [0.29, 0.717) is 30.7 Å². The molecule has 1 saturated carbocycles. The lowest BCUT2D eigenvalue weighted by Crippen LogP contribution is -2.36. The standard InChI is InChI=1S/C14H28ClNO2S/c1-14(2,3)8-9-19(17,18)16-11-13-7-5-4-6-12(13)10-15/h12-13,16H,4-11H2,1-3H3. The van der Waals surface area contributed by atoms with Crippen LogP contribution in [-0.2, 0) is 10.0 Å². The summed E-state index contributed by atoms with van der Waals surface area (Å²) in [6, 6.07) is 0. The van der Waals surface area contributed by atoms with Crippen molar-refractivity contribution in [2.45, 2.75) is 52.9 Å². The Kier molecular flexibility index (Phi) is 6.61. The van der Waals surface area contributed by atoms with Crippen molar-refractivity contribution in [3.63, 3.8) is 0 Å². The number of nitrogens with one attached hydrogen (secondary N) is 1. The molecule has 0 aromatic heterocycles. The van der Waals surface area contributed by atoms with Crippen LogP contribution < -0.4 is 4.72 Å². The van der Waals surface area contributed by atoms with Gasteiger partial charge in [0.05, 0.1) is 5.75 Å². The third kappa shape index (κ3) is 6.96. The molecular weight excluding hydrogens is 282 g/mol. The maximum Gasteiger partial charge on any atom is 0.211 e. The normalized spacial score (nSPS) is 25.5. The van der Waals surface area contributed by atoms with Crippen molar-refractivity contribution in [1.82, 2.24) is 4.72 Å². The van der Waals surface area contributed by atoms with Gasteiger partial charge in [0.2, 0.25) is 10.0 Å². The molecule has 1 rings (SSSR count). The minimum absolute atomic E-state index is 0.0538. The van der Waals surface area contributed by atoms with E-state index in [2.05, 4.69) is 25.5 Å². The van der Waals surface area contributed by atoms with E-state index in [1.54, 1.807) is 0 Å². The molecule has 0 heterocycles. The number of sulfonamides is 1. The highest BCUT2D eigenvalue weighted by Gasteiger charge is 2.26. The maximum absolute atomic E-state index is 12.0. The van der Waals surface area contributed by atoms with Crippen molar-refractivity contribution < 1.29 is 8.42 Å². The van der Waals surface area contributed by atoms with Crippen LogP contribution in [0.3, 0.4) is 0 Å². The third-order valence-electron chi connectivity index (χ3n) is 3.95. The summed E-state index contributed by atoms with van der Waals surface area (Å²) in [7, 11) is -3.14. The fourth-order valence-electron chi connectivity index (χ4n) is 2.50. The minimum atomic E-state index is -3.14. The first-order valence-electron chi connectivity index (χ1n) is 7.27. The SMILES string of the molecule is CC(C)(C)CCS(=O)(=O)NCC1CCCCC1CCl. The molecule has 0 spiro atoms. The molecule has 0 saturated heterocycles. The summed E-state index contributed by atoms with van der Waals surface area (Å²) < 4.78 is 26.7. The van der Waals surface area contributed by atoms with Crippen LogP contribution in [0.5, 0.6) is 0 Å². The van der Waals surface area contributed by atoms with Crippen LogP contribution in [0.15, 0.2) is 0 Å². The zero-order chi connectivity index (χ0) is 14.5. The third-order valence-corrected chi connectivity index (χ3v) is 5.70. The van der Waals surface area contributed by atoms with Gasteiger partial charge in [0.1, 0.15) is 0 Å². The van der Waals surface area contributed by atoms with E-state index in [0.717, 1.165) is 12.8 Å². The second kappa shape index (κ2) is 7.28. The smallest absolute Gasteiger partial charge is 0.211 e. The van der Waals surface area contributed by atoms with Crippen molar-refractivity contribution in [2.75, 3.05) is 18.2 Å². The molecule has 0 radical (unpaired) electrons. The van der Waals surface area contributed by atoms with Gasteiger partial charge in [-0.3, -0.25) is 0 Å². The number of halogens is 1. The van der Waals surface area contributed by atoms with Crippen molar-refractivity contribution in [2.24, 2.45) is 17.3 Å². The van der Waals surface area contributed by atoms with Crippen molar-refractivity contribution in [3.05, 3.63) is 0 Å². The van der Waals surface area contributed by atoms with Gasteiger partial charge in [-0.15, -0.1) is 11.6 Å². The second-order valence-corrected chi connectivity index (χ2v) is 9.17. The fourth-order valence-corrected chi connectivity index (χ4v) is 4.40. The van der Waals surface area contributed by atoms with E-state index in [1.807, 2.05) is 0 Å². The Labute approximate surface area is 123 Å². The predicted molar refractivity (Wildman–Crippen MR) is 82.0 cm³/mol. The first kappa shape index (κ1) is 17.3. The molecule has 1 aliphatic rings. The zero-order valence-corrected chi connectivity index (χ0v) is 14.0. The highest BCUT2D eigenvalue weighted by molar-refractivity contribution is 7.89. The largest absolute Gasteiger partial charge is 0.215 e. The summed E-state index contributed by atoms with van der Waals surface area (Å²) in [5, 5.41) is 0. The Balaban J connectivity index is 2.41. The number of alkyl halides is 1. The Bertz CT molecular complexity index is 362. The second-order valence-electron chi connectivity index (χ2n) is 6.94. The van der Waals surface area contributed by atoms with Crippen LogP contribution >= 0.6 is 11.6 Å². The molecule has 0 aromatic carbocycles. The summed E-state index contributed by atoms with van der Waals surface area (Å²) in [4.78, 5) is 0. The molecule has 0 bridgehead atoms. The van der Waals surface area contributed by atoms with Gasteiger partial charge in [-0.05, 0) is 36.5 Å². The minimum Gasteiger partial charge on any atom is -0.215 e. The van der Waals surface area contributed by atoms with Crippen molar-refractivity contribution in [1.29, 1.82) is 0 Å². The Morgan fingerprint density at radius 1 is 1.16 bits per heavy atom. The first-order chi connectivity index (χ1) is 8.73. The van der Waals surface area contributed by atoms with Crippen molar-refractivity contribution >= 4 is 21.6 Å². The molecule has 19 heavy (non-hydrogen) atoms.